The van der Waals surface area contributed by atoms with Crippen molar-refractivity contribution in [2.24, 2.45) is 17.8 Å². The zero-order chi connectivity index (χ0) is 34.6. The van der Waals surface area contributed by atoms with Gasteiger partial charge in [-0.1, -0.05) is 36.4 Å². The van der Waals surface area contributed by atoms with E-state index < -0.39 is 105 Å². The zero-order valence-corrected chi connectivity index (χ0v) is 25.8. The monoisotopic (exact) mass is 706 g/mol. The van der Waals surface area contributed by atoms with E-state index in [1.165, 1.54) is 12.1 Å². The average molecular weight is 707 g/mol. The van der Waals surface area contributed by atoms with Crippen LogP contribution in [0.4, 0.5) is 33.3 Å². The van der Waals surface area contributed by atoms with Crippen molar-refractivity contribution in [1.29, 1.82) is 0 Å². The number of anilines is 2. The number of hydrogen-bond acceptors (Lipinski definition) is 6. The highest BCUT2D eigenvalue weighted by atomic mass is 35.5. The van der Waals surface area contributed by atoms with Crippen LogP contribution in [0.1, 0.15) is 35.8 Å². The molecule has 7 rings (SSSR count). The Labute approximate surface area is 278 Å². The first kappa shape index (κ1) is 32.2. The Morgan fingerprint density at radius 3 is 2.06 bits per heavy atom. The van der Waals surface area contributed by atoms with Crippen LogP contribution in [-0.4, -0.2) is 38.5 Å². The van der Waals surface area contributed by atoms with Gasteiger partial charge in [-0.15, -0.1) is 23.2 Å². The van der Waals surface area contributed by atoms with Crippen molar-refractivity contribution in [3.05, 3.63) is 101 Å². The van der Waals surface area contributed by atoms with Gasteiger partial charge < -0.3 is 9.52 Å². The molecule has 248 valence electrons. The Bertz CT molecular complexity index is 1990. The number of carbonyl (C=O) groups is 4. The van der Waals surface area contributed by atoms with Crippen LogP contribution in [0.5, 0.6) is 0 Å². The van der Waals surface area contributed by atoms with Crippen LogP contribution < -0.4 is 9.80 Å². The van der Waals surface area contributed by atoms with Crippen LogP contribution in [0.2, 0.25) is 0 Å². The molecule has 4 aliphatic rings. The number of furan rings is 1. The molecule has 0 bridgehead atoms. The van der Waals surface area contributed by atoms with Gasteiger partial charge in [0.05, 0.1) is 23.4 Å². The van der Waals surface area contributed by atoms with Crippen molar-refractivity contribution in [2.75, 3.05) is 9.80 Å². The van der Waals surface area contributed by atoms with Crippen molar-refractivity contribution >= 4 is 64.3 Å². The quantitative estimate of drug-likeness (QED) is 0.0888. The Hall–Kier alpha value is -4.33. The second-order valence-corrected chi connectivity index (χ2v) is 13.2. The van der Waals surface area contributed by atoms with E-state index >= 15 is 8.78 Å². The third kappa shape index (κ3) is 3.98. The van der Waals surface area contributed by atoms with Crippen molar-refractivity contribution in [1.82, 2.24) is 0 Å². The molecule has 48 heavy (non-hydrogen) atoms. The molecule has 2 saturated heterocycles. The number of aliphatic hydroxyl groups excluding tert-OH is 1. The number of imide groups is 2. The number of halogens is 7. The van der Waals surface area contributed by atoms with Crippen molar-refractivity contribution in [3.63, 3.8) is 0 Å². The molecule has 2 aliphatic heterocycles. The van der Waals surface area contributed by atoms with E-state index in [4.69, 9.17) is 27.6 Å². The fourth-order valence-electron chi connectivity index (χ4n) is 7.53. The third-order valence-electron chi connectivity index (χ3n) is 9.73. The third-order valence-corrected chi connectivity index (χ3v) is 11.1. The first-order chi connectivity index (χ1) is 22.7. The summed E-state index contributed by atoms with van der Waals surface area (Å²) in [7, 11) is 0. The predicted octanol–water partition coefficient (Wildman–Crippen LogP) is 5.88. The normalized spacial score (nSPS) is 29.6. The van der Waals surface area contributed by atoms with Crippen LogP contribution in [-0.2, 0) is 25.8 Å². The lowest BCUT2D eigenvalue weighted by Gasteiger charge is -2.49. The topological polar surface area (TPSA) is 108 Å². The highest BCUT2D eigenvalue weighted by molar-refractivity contribution is 6.58. The minimum Gasteiger partial charge on any atom is -0.463 e. The molecule has 1 N–H and O–H groups in total. The van der Waals surface area contributed by atoms with Gasteiger partial charge in [-0.25, -0.2) is 26.9 Å². The minimum atomic E-state index is -2.71. The summed E-state index contributed by atoms with van der Waals surface area (Å²) in [5, 5.41) is 9.69. The second kappa shape index (κ2) is 10.8. The zero-order valence-electron chi connectivity index (χ0n) is 24.3. The number of allylic oxidation sites excluding steroid dienone is 2. The van der Waals surface area contributed by atoms with Crippen molar-refractivity contribution < 1.29 is 50.7 Å². The van der Waals surface area contributed by atoms with E-state index in [2.05, 4.69) is 6.58 Å². The molecule has 15 heteroatoms. The summed E-state index contributed by atoms with van der Waals surface area (Å²) in [6.07, 6.45) is 2.44. The molecule has 3 heterocycles. The molecule has 2 aromatic carbocycles. The Morgan fingerprint density at radius 1 is 0.854 bits per heavy atom. The van der Waals surface area contributed by atoms with Gasteiger partial charge in [0.2, 0.25) is 17.6 Å². The largest absolute Gasteiger partial charge is 0.463 e. The van der Waals surface area contributed by atoms with Gasteiger partial charge in [-0.2, -0.15) is 0 Å². The molecule has 8 nitrogen and oxygen atoms in total. The fraction of sp³-hybridized carbons (Fsp3) is 0.273. The Morgan fingerprint density at radius 2 is 1.48 bits per heavy atom. The maximum Gasteiger partial charge on any atom is 0.258 e. The van der Waals surface area contributed by atoms with Crippen LogP contribution in [0.15, 0.2) is 59.0 Å². The highest BCUT2D eigenvalue weighted by Crippen LogP contribution is 2.66. The lowest BCUT2D eigenvalue weighted by atomic mass is 9.57. The summed E-state index contributed by atoms with van der Waals surface area (Å²) >= 11 is 14.1. The molecular weight excluding hydrogens is 686 g/mol. The predicted molar refractivity (Wildman–Crippen MR) is 160 cm³/mol. The van der Waals surface area contributed by atoms with E-state index in [9.17, 15) is 37.5 Å². The second-order valence-electron chi connectivity index (χ2n) is 12.0. The summed E-state index contributed by atoms with van der Waals surface area (Å²) in [4.78, 5) is 51.5. The molecular formula is C33H21Cl2F5N2O6. The van der Waals surface area contributed by atoms with Crippen molar-refractivity contribution in [3.8, 4) is 0 Å². The summed E-state index contributed by atoms with van der Waals surface area (Å²) in [6, 6.07) is 9.02. The van der Waals surface area contributed by atoms with Gasteiger partial charge in [0.1, 0.15) is 23.8 Å². The van der Waals surface area contributed by atoms with E-state index in [1.54, 1.807) is 36.4 Å². The van der Waals surface area contributed by atoms with Crippen molar-refractivity contribution in [2.45, 2.75) is 35.1 Å². The van der Waals surface area contributed by atoms with Crippen LogP contribution in [0.3, 0.4) is 0 Å². The number of fused-ring (bicyclic) bond motifs is 4. The maximum absolute atomic E-state index is 15.1. The van der Waals surface area contributed by atoms with Gasteiger partial charge >= 0.3 is 0 Å². The minimum absolute atomic E-state index is 0.0171. The number of benzene rings is 2. The lowest BCUT2D eigenvalue weighted by molar-refractivity contribution is -0.125. The van der Waals surface area contributed by atoms with Crippen LogP contribution >= 0.6 is 23.2 Å². The van der Waals surface area contributed by atoms with Gasteiger partial charge in [0, 0.05) is 0 Å². The number of aliphatic hydroxyl groups is 1. The molecule has 0 spiro atoms. The molecule has 1 saturated carbocycles. The fourth-order valence-corrected chi connectivity index (χ4v) is 8.44. The summed E-state index contributed by atoms with van der Waals surface area (Å²) in [5.41, 5.74) is -0.664. The SMILES string of the molecule is C=Cc1ccc(N2C(=O)[C@H]3[C@H](CC=C4[C@H]3C[C@@]3(Cl)C(=O)N(c5c(F)c(F)c(F)c(F)c5F)C(=O)[C@@]3(Cl)[C@H]4c3ccc(CO)o3)C2=O)cc1. The molecule has 0 radical (unpaired) electrons. The van der Waals surface area contributed by atoms with Crippen LogP contribution in [0, 0.1) is 46.8 Å². The number of hydrogen-bond donors (Lipinski definition) is 1. The van der Waals surface area contributed by atoms with E-state index in [1.807, 2.05) is 0 Å². The highest BCUT2D eigenvalue weighted by Gasteiger charge is 2.77. The lowest BCUT2D eigenvalue weighted by Crippen LogP contribution is -2.60. The number of carbonyl (C=O) groups excluding carboxylic acids is 4. The summed E-state index contributed by atoms with van der Waals surface area (Å²) < 4.78 is 78.6. The molecule has 1 aromatic heterocycles. The standard InChI is InChI=1S/C33H21Cl2F5N2O6/c1-2-13-3-5-14(6-4-13)41-28(44)17-9-8-16-18(20(17)29(41)45)11-32(34)30(46)42(27-25(39)23(37)22(36)24(38)26(27)40)31(47)33(32,35)21(16)19-10-7-15(12-43)48-19/h2-8,10,17-18,20-21,43H,1,9,11-12H2/t17-,18+,20-,21+,32+,33-/m0/s1. The first-order valence-corrected chi connectivity index (χ1v) is 15.3. The smallest absolute Gasteiger partial charge is 0.258 e. The maximum atomic E-state index is 15.1. The van der Waals surface area contributed by atoms with Gasteiger partial charge in [-0.3, -0.25) is 24.1 Å². The molecule has 3 fully saturated rings. The number of rotatable bonds is 5. The van der Waals surface area contributed by atoms with Gasteiger partial charge in [0.15, 0.2) is 33.0 Å². The Kier molecular flexibility index (Phi) is 7.28. The number of alkyl halides is 2. The average Bonchev–Trinajstić information content (AvgIpc) is 3.70. The molecule has 4 amide bonds. The van der Waals surface area contributed by atoms with Gasteiger partial charge in [-0.05, 0) is 48.6 Å². The molecule has 0 unspecified atom stereocenters. The molecule has 6 atom stereocenters. The summed E-state index contributed by atoms with van der Waals surface area (Å²) in [5.74, 6) is -21.7. The van der Waals surface area contributed by atoms with Gasteiger partial charge in [0.25, 0.3) is 11.8 Å². The molecule has 2 aliphatic carbocycles. The van der Waals surface area contributed by atoms with E-state index in [0.29, 0.717) is 0 Å². The van der Waals surface area contributed by atoms with E-state index in [-0.39, 0.29) is 34.1 Å². The first-order valence-electron chi connectivity index (χ1n) is 14.5. The number of nitrogens with zero attached hydrogens (tertiary/aromatic N) is 2. The summed E-state index contributed by atoms with van der Waals surface area (Å²) in [6.45, 7) is 3.06. The van der Waals surface area contributed by atoms with E-state index in [0.717, 1.165) is 10.5 Å². The molecule has 3 aromatic rings. The van der Waals surface area contributed by atoms with Crippen LogP contribution in [0.25, 0.3) is 6.08 Å². The number of amides is 4. The Balaban J connectivity index is 1.40.